The molecule has 0 aliphatic rings. The van der Waals surface area contributed by atoms with Crippen molar-refractivity contribution in [1.29, 1.82) is 0 Å². The van der Waals surface area contributed by atoms with Gasteiger partial charge >= 0.3 is 0 Å². The summed E-state index contributed by atoms with van der Waals surface area (Å²) in [6.45, 7) is 4.00. The lowest BCUT2D eigenvalue weighted by Gasteiger charge is -2.12. The second kappa shape index (κ2) is 5.24. The van der Waals surface area contributed by atoms with E-state index in [0.29, 0.717) is 0 Å². The summed E-state index contributed by atoms with van der Waals surface area (Å²) in [6.07, 6.45) is 2.48. The molecule has 1 heterocycles. The molecule has 0 bridgehead atoms. The third-order valence-corrected chi connectivity index (χ3v) is 2.87. The Hall–Kier alpha value is -2.14. The normalized spacial score (nSPS) is 12.4. The van der Waals surface area contributed by atoms with Crippen LogP contribution < -0.4 is 11.5 Å². The maximum absolute atomic E-state index is 11.1. The van der Waals surface area contributed by atoms with E-state index in [0.717, 1.165) is 17.7 Å². The molecule has 1 atom stereocenters. The van der Waals surface area contributed by atoms with Crippen LogP contribution in [0.25, 0.3) is 5.69 Å². The molecule has 0 saturated carbocycles. The third-order valence-electron chi connectivity index (χ3n) is 2.87. The van der Waals surface area contributed by atoms with Gasteiger partial charge in [0.05, 0.1) is 5.69 Å². The number of nitrogens with zero attached hydrogens (tertiary/aromatic N) is 2. The molecule has 4 N–H and O–H groups in total. The van der Waals surface area contributed by atoms with Gasteiger partial charge in [0.25, 0.3) is 5.91 Å². The van der Waals surface area contributed by atoms with E-state index in [1.54, 1.807) is 16.9 Å². The Labute approximate surface area is 112 Å². The highest BCUT2D eigenvalue weighted by atomic mass is 16.1. The number of carbonyl (C=O) groups is 1. The van der Waals surface area contributed by atoms with E-state index in [4.69, 9.17) is 11.5 Å². The van der Waals surface area contributed by atoms with Gasteiger partial charge in [-0.3, -0.25) is 4.79 Å². The van der Waals surface area contributed by atoms with Gasteiger partial charge in [0.2, 0.25) is 0 Å². The highest BCUT2D eigenvalue weighted by Gasteiger charge is 2.10. The van der Waals surface area contributed by atoms with Crippen molar-refractivity contribution in [3.05, 3.63) is 47.3 Å². The fourth-order valence-electron chi connectivity index (χ4n) is 2.04. The van der Waals surface area contributed by atoms with Crippen molar-refractivity contribution in [3.63, 3.8) is 0 Å². The van der Waals surface area contributed by atoms with Crippen LogP contribution in [0.3, 0.4) is 0 Å². The van der Waals surface area contributed by atoms with Gasteiger partial charge in [-0.2, -0.15) is 5.10 Å². The van der Waals surface area contributed by atoms with Crippen LogP contribution in [0, 0.1) is 6.92 Å². The summed E-state index contributed by atoms with van der Waals surface area (Å²) < 4.78 is 1.66. The number of aromatic nitrogens is 2. The lowest BCUT2D eigenvalue weighted by Crippen LogP contribution is -2.19. The van der Waals surface area contributed by atoms with Crippen LogP contribution in [0.1, 0.15) is 28.5 Å². The number of rotatable bonds is 4. The molecule has 100 valence electrons. The van der Waals surface area contributed by atoms with E-state index in [9.17, 15) is 4.79 Å². The zero-order valence-corrected chi connectivity index (χ0v) is 11.1. The number of carbonyl (C=O) groups excluding carboxylic acids is 1. The van der Waals surface area contributed by atoms with Crippen molar-refractivity contribution in [2.75, 3.05) is 0 Å². The Bertz CT molecular complexity index is 601. The largest absolute Gasteiger partial charge is 0.364 e. The Morgan fingerprint density at radius 1 is 1.42 bits per heavy atom. The molecule has 1 aromatic heterocycles. The van der Waals surface area contributed by atoms with Crippen molar-refractivity contribution in [3.8, 4) is 5.69 Å². The maximum atomic E-state index is 11.1. The van der Waals surface area contributed by atoms with Crippen LogP contribution in [0.2, 0.25) is 0 Å². The summed E-state index contributed by atoms with van der Waals surface area (Å²) in [5.74, 6) is -0.528. The first kappa shape index (κ1) is 13.3. The van der Waals surface area contributed by atoms with Gasteiger partial charge in [-0.05, 0) is 38.0 Å². The molecular formula is C14H18N4O. The molecule has 1 unspecified atom stereocenters. The number of hydrogen-bond acceptors (Lipinski definition) is 3. The lowest BCUT2D eigenvalue weighted by molar-refractivity contribution is 0.0995. The number of hydrogen-bond donors (Lipinski definition) is 2. The molecule has 0 radical (unpaired) electrons. The van der Waals surface area contributed by atoms with Crippen molar-refractivity contribution in [1.82, 2.24) is 9.78 Å². The Morgan fingerprint density at radius 2 is 2.16 bits per heavy atom. The van der Waals surface area contributed by atoms with E-state index in [1.165, 1.54) is 5.56 Å². The van der Waals surface area contributed by atoms with Crippen molar-refractivity contribution < 1.29 is 4.79 Å². The van der Waals surface area contributed by atoms with Crippen LogP contribution >= 0.6 is 0 Å². The Kier molecular flexibility index (Phi) is 3.66. The van der Waals surface area contributed by atoms with Gasteiger partial charge in [-0.15, -0.1) is 0 Å². The molecule has 5 heteroatoms. The molecule has 19 heavy (non-hydrogen) atoms. The van der Waals surface area contributed by atoms with Gasteiger partial charge in [-0.1, -0.05) is 17.7 Å². The minimum Gasteiger partial charge on any atom is -0.364 e. The molecule has 1 aromatic carbocycles. The van der Waals surface area contributed by atoms with Crippen LogP contribution in [0.5, 0.6) is 0 Å². The summed E-state index contributed by atoms with van der Waals surface area (Å²) in [4.78, 5) is 11.1. The Balaban J connectivity index is 2.45. The first-order valence-electron chi connectivity index (χ1n) is 6.18. The van der Waals surface area contributed by atoms with Gasteiger partial charge < -0.3 is 11.5 Å². The number of benzene rings is 1. The van der Waals surface area contributed by atoms with E-state index in [-0.39, 0.29) is 11.7 Å². The zero-order chi connectivity index (χ0) is 14.0. The van der Waals surface area contributed by atoms with Crippen LogP contribution in [-0.2, 0) is 6.42 Å². The number of nitrogens with two attached hydrogens (primary N) is 2. The lowest BCUT2D eigenvalue weighted by atomic mass is 10.0. The average molecular weight is 258 g/mol. The molecule has 0 saturated heterocycles. The van der Waals surface area contributed by atoms with Crippen LogP contribution in [0.15, 0.2) is 30.5 Å². The van der Waals surface area contributed by atoms with Gasteiger partial charge in [0, 0.05) is 12.2 Å². The number of aryl methyl sites for hydroxylation is 1. The topological polar surface area (TPSA) is 86.9 Å². The summed E-state index contributed by atoms with van der Waals surface area (Å²) in [6, 6.07) is 7.74. The fourth-order valence-corrected chi connectivity index (χ4v) is 2.04. The summed E-state index contributed by atoms with van der Waals surface area (Å²) >= 11 is 0. The van der Waals surface area contributed by atoms with E-state index in [1.807, 2.05) is 26.0 Å². The second-order valence-corrected chi connectivity index (χ2v) is 4.82. The molecule has 1 amide bonds. The first-order valence-corrected chi connectivity index (χ1v) is 6.18. The van der Waals surface area contributed by atoms with Gasteiger partial charge in [0.1, 0.15) is 5.69 Å². The molecular weight excluding hydrogens is 240 g/mol. The number of primary amides is 1. The molecule has 2 rings (SSSR count). The van der Waals surface area contributed by atoms with E-state index < -0.39 is 5.91 Å². The van der Waals surface area contributed by atoms with E-state index in [2.05, 4.69) is 11.2 Å². The van der Waals surface area contributed by atoms with Gasteiger partial charge in [0.15, 0.2) is 0 Å². The molecule has 0 fully saturated rings. The monoisotopic (exact) mass is 258 g/mol. The summed E-state index contributed by atoms with van der Waals surface area (Å²) in [7, 11) is 0. The highest BCUT2D eigenvalue weighted by Crippen LogP contribution is 2.18. The average Bonchev–Trinajstić information content (AvgIpc) is 2.77. The summed E-state index contributed by atoms with van der Waals surface area (Å²) in [5.41, 5.74) is 14.5. The third kappa shape index (κ3) is 3.00. The second-order valence-electron chi connectivity index (χ2n) is 4.82. The SMILES string of the molecule is Cc1ccc(-n2ccc(C(N)=O)n2)c(CC(C)N)c1. The van der Waals surface area contributed by atoms with Gasteiger partial charge in [-0.25, -0.2) is 4.68 Å². The van der Waals surface area contributed by atoms with Crippen molar-refractivity contribution >= 4 is 5.91 Å². The predicted molar refractivity (Wildman–Crippen MR) is 74.2 cm³/mol. The first-order chi connectivity index (χ1) is 8.97. The molecule has 0 aliphatic heterocycles. The minimum atomic E-state index is -0.528. The summed E-state index contributed by atoms with van der Waals surface area (Å²) in [5, 5.41) is 4.18. The Morgan fingerprint density at radius 3 is 2.74 bits per heavy atom. The van der Waals surface area contributed by atoms with Crippen molar-refractivity contribution in [2.45, 2.75) is 26.3 Å². The fraction of sp³-hybridized carbons (Fsp3) is 0.286. The zero-order valence-electron chi connectivity index (χ0n) is 11.1. The minimum absolute atomic E-state index is 0.0618. The molecule has 2 aromatic rings. The molecule has 0 spiro atoms. The smallest absolute Gasteiger partial charge is 0.269 e. The van der Waals surface area contributed by atoms with Crippen molar-refractivity contribution in [2.24, 2.45) is 11.5 Å². The van der Waals surface area contributed by atoms with Crippen LogP contribution in [-0.4, -0.2) is 21.7 Å². The quantitative estimate of drug-likeness (QED) is 0.863. The van der Waals surface area contributed by atoms with E-state index >= 15 is 0 Å². The standard InChI is InChI=1S/C14H18N4O/c1-9-3-4-13(11(7-9)8-10(2)15)18-6-5-12(17-18)14(16)19/h3-7,10H,8,15H2,1-2H3,(H2,16,19). The highest BCUT2D eigenvalue weighted by molar-refractivity contribution is 5.90. The molecule has 5 nitrogen and oxygen atoms in total. The molecule has 0 aliphatic carbocycles. The predicted octanol–water partition coefficient (Wildman–Crippen LogP) is 1.17. The maximum Gasteiger partial charge on any atom is 0.269 e. The number of amides is 1. The van der Waals surface area contributed by atoms with Crippen LogP contribution in [0.4, 0.5) is 0 Å².